The third-order valence-corrected chi connectivity index (χ3v) is 4.79. The summed E-state index contributed by atoms with van der Waals surface area (Å²) < 4.78 is 17.8. The molecule has 0 bridgehead atoms. The second-order valence-electron chi connectivity index (χ2n) is 7.17. The Balaban J connectivity index is 2.35. The van der Waals surface area contributed by atoms with Crippen LogP contribution in [-0.2, 0) is 14.0 Å². The van der Waals surface area contributed by atoms with Crippen molar-refractivity contribution < 1.29 is 14.0 Å². The Hall–Kier alpha value is -1.56. The lowest BCUT2D eigenvalue weighted by molar-refractivity contribution is 0.00578. The van der Waals surface area contributed by atoms with Crippen molar-refractivity contribution in [1.82, 2.24) is 0 Å². The van der Waals surface area contributed by atoms with Crippen LogP contribution in [0.1, 0.15) is 34.1 Å². The lowest BCUT2D eigenvalue weighted by Crippen LogP contribution is -2.41. The number of nitrogens with two attached hydrogens (primary N) is 1. The Morgan fingerprint density at radius 1 is 1.29 bits per heavy atom. The normalized spacial score (nSPS) is 26.0. The lowest BCUT2D eigenvalue weighted by Gasteiger charge is -2.32. The van der Waals surface area contributed by atoms with E-state index in [2.05, 4.69) is 18.7 Å². The summed E-state index contributed by atoms with van der Waals surface area (Å²) in [6, 6.07) is 0. The van der Waals surface area contributed by atoms with Crippen molar-refractivity contribution >= 4 is 7.12 Å². The molecule has 0 aromatic rings. The van der Waals surface area contributed by atoms with E-state index in [9.17, 15) is 0 Å². The predicted octanol–water partition coefficient (Wildman–Crippen LogP) is 3.47. The van der Waals surface area contributed by atoms with E-state index in [0.29, 0.717) is 5.70 Å². The molecule has 2 aliphatic rings. The summed E-state index contributed by atoms with van der Waals surface area (Å²) in [5, 5.41) is 0. The van der Waals surface area contributed by atoms with Gasteiger partial charge in [0.1, 0.15) is 0 Å². The van der Waals surface area contributed by atoms with Gasteiger partial charge in [0.2, 0.25) is 0 Å². The van der Waals surface area contributed by atoms with E-state index in [-0.39, 0.29) is 17.3 Å². The first-order valence-electron chi connectivity index (χ1n) is 8.26. The summed E-state index contributed by atoms with van der Waals surface area (Å²) >= 11 is 0. The van der Waals surface area contributed by atoms with Crippen LogP contribution in [0.3, 0.4) is 0 Å². The molecule has 1 aliphatic carbocycles. The first-order chi connectivity index (χ1) is 11.2. The lowest BCUT2D eigenvalue weighted by atomic mass is 9.82. The fourth-order valence-corrected chi connectivity index (χ4v) is 2.66. The zero-order valence-electron chi connectivity index (χ0n) is 15.3. The van der Waals surface area contributed by atoms with Crippen molar-refractivity contribution in [2.75, 3.05) is 7.11 Å². The number of hydrogen-bond donors (Lipinski definition) is 1. The van der Waals surface area contributed by atoms with Crippen molar-refractivity contribution in [2.24, 2.45) is 5.73 Å². The number of allylic oxidation sites excluding steroid dienone is 4. The second-order valence-corrected chi connectivity index (χ2v) is 7.17. The molecule has 1 aliphatic heterocycles. The van der Waals surface area contributed by atoms with Crippen molar-refractivity contribution in [3.8, 4) is 0 Å². The van der Waals surface area contributed by atoms with Gasteiger partial charge in [-0.1, -0.05) is 30.9 Å². The van der Waals surface area contributed by atoms with E-state index < -0.39 is 7.12 Å². The SMILES string of the molecule is C=C(N)/C=C\C(=C/B1OC(C)(C)C(C)(C)O1)C1=CC=CCC1OC. The number of rotatable bonds is 5. The highest BCUT2D eigenvalue weighted by Gasteiger charge is 2.50. The summed E-state index contributed by atoms with van der Waals surface area (Å²) in [7, 11) is 1.29. The largest absolute Gasteiger partial charge is 0.487 e. The van der Waals surface area contributed by atoms with Crippen molar-refractivity contribution in [2.45, 2.75) is 51.4 Å². The Morgan fingerprint density at radius 2 is 1.92 bits per heavy atom. The van der Waals surface area contributed by atoms with Crippen LogP contribution in [0.5, 0.6) is 0 Å². The van der Waals surface area contributed by atoms with E-state index in [1.807, 2.05) is 45.8 Å². The molecule has 0 spiro atoms. The molecule has 1 unspecified atom stereocenters. The summed E-state index contributed by atoms with van der Waals surface area (Å²) in [6.07, 6.45) is 10.7. The molecule has 1 atom stereocenters. The molecule has 0 aromatic carbocycles. The first-order valence-corrected chi connectivity index (χ1v) is 8.26. The average Bonchev–Trinajstić information content (AvgIpc) is 2.70. The van der Waals surface area contributed by atoms with Crippen LogP contribution < -0.4 is 5.73 Å². The Labute approximate surface area is 145 Å². The van der Waals surface area contributed by atoms with Crippen LogP contribution in [0, 0.1) is 0 Å². The monoisotopic (exact) mass is 329 g/mol. The van der Waals surface area contributed by atoms with Gasteiger partial charge in [0.25, 0.3) is 0 Å². The van der Waals surface area contributed by atoms with Crippen molar-refractivity contribution in [3.63, 3.8) is 0 Å². The van der Waals surface area contributed by atoms with Gasteiger partial charge in [-0.25, -0.2) is 0 Å². The Kier molecular flexibility index (Phi) is 5.58. The van der Waals surface area contributed by atoms with Crippen LogP contribution in [-0.4, -0.2) is 31.5 Å². The molecule has 0 aromatic heterocycles. The van der Waals surface area contributed by atoms with Gasteiger partial charge in [0.05, 0.1) is 17.3 Å². The highest BCUT2D eigenvalue weighted by atomic mass is 16.7. The molecule has 130 valence electrons. The predicted molar refractivity (Wildman–Crippen MR) is 99.3 cm³/mol. The van der Waals surface area contributed by atoms with Crippen LogP contribution in [0.4, 0.5) is 0 Å². The molecule has 4 nitrogen and oxygen atoms in total. The average molecular weight is 329 g/mol. The highest BCUT2D eigenvalue weighted by Crippen LogP contribution is 2.38. The molecule has 1 fully saturated rings. The topological polar surface area (TPSA) is 53.7 Å². The molecule has 24 heavy (non-hydrogen) atoms. The Bertz CT molecular complexity index is 598. The van der Waals surface area contributed by atoms with Crippen LogP contribution in [0.15, 0.2) is 59.8 Å². The second kappa shape index (κ2) is 7.13. The fraction of sp³-hybridized carbons (Fsp3) is 0.474. The summed E-state index contributed by atoms with van der Waals surface area (Å²) in [6.45, 7) is 11.9. The summed E-state index contributed by atoms with van der Waals surface area (Å²) in [4.78, 5) is 0. The minimum absolute atomic E-state index is 0.000590. The van der Waals surface area contributed by atoms with Crippen LogP contribution >= 0.6 is 0 Å². The van der Waals surface area contributed by atoms with Gasteiger partial charge in [-0.15, -0.1) is 0 Å². The van der Waals surface area contributed by atoms with E-state index in [1.165, 1.54) is 0 Å². The third kappa shape index (κ3) is 4.10. The van der Waals surface area contributed by atoms with Crippen molar-refractivity contribution in [3.05, 3.63) is 59.8 Å². The fourth-order valence-electron chi connectivity index (χ4n) is 2.66. The zero-order chi connectivity index (χ0) is 18.0. The first kappa shape index (κ1) is 18.8. The molecule has 0 saturated carbocycles. The molecule has 1 saturated heterocycles. The molecule has 5 heteroatoms. The number of methoxy groups -OCH3 is 1. The van der Waals surface area contributed by atoms with E-state index >= 15 is 0 Å². The molecule has 0 radical (unpaired) electrons. The van der Waals surface area contributed by atoms with Crippen LogP contribution in [0.25, 0.3) is 0 Å². The standard InChI is InChI=1S/C19H28BNO3/c1-14(21)11-12-15(16-9-7-8-10-17(16)22-6)13-20-23-18(2,3)19(4,5)24-20/h7-9,11-13,17H,1,10,21H2,2-6H3/b12-11-,15-13+. The minimum atomic E-state index is -0.426. The van der Waals surface area contributed by atoms with Gasteiger partial charge in [0, 0.05) is 12.8 Å². The molecule has 1 heterocycles. The molecule has 2 N–H and O–H groups in total. The van der Waals surface area contributed by atoms with Gasteiger partial charge in [-0.05, 0) is 57.3 Å². The number of ether oxygens (including phenoxy) is 1. The Morgan fingerprint density at radius 3 is 2.46 bits per heavy atom. The maximum Gasteiger partial charge on any atom is 0.487 e. The van der Waals surface area contributed by atoms with E-state index in [1.54, 1.807) is 13.2 Å². The van der Waals surface area contributed by atoms with Gasteiger partial charge in [-0.2, -0.15) is 0 Å². The smallest absolute Gasteiger partial charge is 0.400 e. The van der Waals surface area contributed by atoms with E-state index in [0.717, 1.165) is 17.6 Å². The minimum Gasteiger partial charge on any atom is -0.400 e. The van der Waals surface area contributed by atoms with E-state index in [4.69, 9.17) is 19.8 Å². The molecule has 0 amide bonds. The van der Waals surface area contributed by atoms with Crippen LogP contribution in [0.2, 0.25) is 0 Å². The highest BCUT2D eigenvalue weighted by molar-refractivity contribution is 6.52. The zero-order valence-corrected chi connectivity index (χ0v) is 15.3. The van der Waals surface area contributed by atoms with Gasteiger partial charge >= 0.3 is 7.12 Å². The molecular formula is C19H28BNO3. The maximum atomic E-state index is 6.09. The molecule has 2 rings (SSSR count). The summed E-state index contributed by atoms with van der Waals surface area (Å²) in [5.41, 5.74) is 7.49. The van der Waals surface area contributed by atoms with Gasteiger partial charge < -0.3 is 19.8 Å². The van der Waals surface area contributed by atoms with Gasteiger partial charge in [0.15, 0.2) is 0 Å². The van der Waals surface area contributed by atoms with Crippen molar-refractivity contribution in [1.29, 1.82) is 0 Å². The maximum absolute atomic E-state index is 6.09. The number of hydrogen-bond acceptors (Lipinski definition) is 4. The quantitative estimate of drug-likeness (QED) is 0.620. The molecular weight excluding hydrogens is 301 g/mol. The summed E-state index contributed by atoms with van der Waals surface area (Å²) in [5.74, 6) is 1.98. The van der Waals surface area contributed by atoms with Gasteiger partial charge in [-0.3, -0.25) is 0 Å². The third-order valence-electron chi connectivity index (χ3n) is 4.79.